The number of hydrogen-bond donors (Lipinski definition) is 3. The number of nitrogens with one attached hydrogen (secondary N) is 2. The maximum absolute atomic E-state index is 11.4. The second kappa shape index (κ2) is 6.83. The summed E-state index contributed by atoms with van der Waals surface area (Å²) in [7, 11) is 0. The fraction of sp³-hybridized carbons (Fsp3) is 0.909. The maximum Gasteiger partial charge on any atom is 0.237 e. The molecule has 0 aromatic heterocycles. The van der Waals surface area contributed by atoms with E-state index < -0.39 is 0 Å². The summed E-state index contributed by atoms with van der Waals surface area (Å²) in [5.41, 5.74) is 2.22. The molecular formula is C11H24N4O. The highest BCUT2D eigenvalue weighted by Crippen LogP contribution is 2.13. The number of hydrogen-bond acceptors (Lipinski definition) is 4. The molecule has 0 radical (unpaired) electrons. The number of piperidine rings is 1. The predicted molar refractivity (Wildman–Crippen MR) is 64.6 cm³/mol. The highest BCUT2D eigenvalue weighted by molar-refractivity contribution is 5.77. The van der Waals surface area contributed by atoms with Gasteiger partial charge in [0, 0.05) is 18.5 Å². The first-order valence-corrected chi connectivity index (χ1v) is 6.14. The van der Waals surface area contributed by atoms with Gasteiger partial charge in [-0.1, -0.05) is 13.8 Å². The lowest BCUT2D eigenvalue weighted by Gasteiger charge is -2.35. The van der Waals surface area contributed by atoms with E-state index in [0.29, 0.717) is 6.04 Å². The second-order valence-corrected chi connectivity index (χ2v) is 4.48. The van der Waals surface area contributed by atoms with Crippen molar-refractivity contribution in [3.05, 3.63) is 0 Å². The molecule has 1 amide bonds. The van der Waals surface area contributed by atoms with Crippen LogP contribution in [0, 0.1) is 5.92 Å². The first-order chi connectivity index (χ1) is 7.69. The Kier molecular flexibility index (Phi) is 5.73. The third kappa shape index (κ3) is 3.73. The Bertz CT molecular complexity index is 216. The summed E-state index contributed by atoms with van der Waals surface area (Å²) in [4.78, 5) is 13.8. The fourth-order valence-electron chi connectivity index (χ4n) is 2.29. The normalized spacial score (nSPS) is 19.8. The molecule has 1 atom stereocenters. The van der Waals surface area contributed by atoms with E-state index in [1.54, 1.807) is 0 Å². The second-order valence-electron chi connectivity index (χ2n) is 4.48. The van der Waals surface area contributed by atoms with E-state index in [2.05, 4.69) is 22.6 Å². The van der Waals surface area contributed by atoms with Gasteiger partial charge in [-0.15, -0.1) is 0 Å². The molecule has 5 nitrogen and oxygen atoms in total. The summed E-state index contributed by atoms with van der Waals surface area (Å²) in [6.07, 6.45) is 2.34. The Balaban J connectivity index is 2.43. The predicted octanol–water partition coefficient (Wildman–Crippen LogP) is -0.314. The Hall–Kier alpha value is -0.650. The van der Waals surface area contributed by atoms with Crippen molar-refractivity contribution in [2.45, 2.75) is 32.7 Å². The van der Waals surface area contributed by atoms with Gasteiger partial charge in [0.25, 0.3) is 0 Å². The summed E-state index contributed by atoms with van der Waals surface area (Å²) in [5, 5.41) is 3.35. The molecule has 0 spiro atoms. The molecule has 16 heavy (non-hydrogen) atoms. The van der Waals surface area contributed by atoms with Crippen molar-refractivity contribution in [2.75, 3.05) is 26.2 Å². The van der Waals surface area contributed by atoms with Gasteiger partial charge in [0.2, 0.25) is 5.91 Å². The van der Waals surface area contributed by atoms with Crippen LogP contribution in [0.1, 0.15) is 26.7 Å². The fourth-order valence-corrected chi connectivity index (χ4v) is 2.29. The first kappa shape index (κ1) is 13.4. The molecule has 0 bridgehead atoms. The van der Waals surface area contributed by atoms with Crippen LogP contribution in [0.5, 0.6) is 0 Å². The molecule has 0 saturated carbocycles. The van der Waals surface area contributed by atoms with Gasteiger partial charge in [0.15, 0.2) is 0 Å². The quantitative estimate of drug-likeness (QED) is 0.343. The first-order valence-electron chi connectivity index (χ1n) is 6.14. The summed E-state index contributed by atoms with van der Waals surface area (Å²) in [5.74, 6) is 5.02. The molecule has 0 aromatic rings. The number of carbonyl (C=O) groups excluding carboxylic acids is 1. The zero-order chi connectivity index (χ0) is 12.0. The van der Waals surface area contributed by atoms with Crippen LogP contribution < -0.4 is 16.6 Å². The van der Waals surface area contributed by atoms with E-state index in [-0.39, 0.29) is 11.8 Å². The molecule has 1 unspecified atom stereocenters. The minimum Gasteiger partial charge on any atom is -0.317 e. The lowest BCUT2D eigenvalue weighted by molar-refractivity contribution is -0.125. The van der Waals surface area contributed by atoms with Crippen molar-refractivity contribution in [3.63, 3.8) is 0 Å². The third-order valence-corrected chi connectivity index (χ3v) is 3.33. The molecule has 1 saturated heterocycles. The highest BCUT2D eigenvalue weighted by atomic mass is 16.2. The van der Waals surface area contributed by atoms with Crippen LogP contribution in [0.2, 0.25) is 0 Å². The minimum atomic E-state index is -0.0765. The van der Waals surface area contributed by atoms with E-state index in [1.807, 2.05) is 6.92 Å². The highest BCUT2D eigenvalue weighted by Gasteiger charge is 2.23. The van der Waals surface area contributed by atoms with E-state index in [0.717, 1.165) is 26.2 Å². The van der Waals surface area contributed by atoms with Gasteiger partial charge in [-0.25, -0.2) is 5.84 Å². The Labute approximate surface area is 97.7 Å². The van der Waals surface area contributed by atoms with Gasteiger partial charge in [0.1, 0.15) is 0 Å². The lowest BCUT2D eigenvalue weighted by atomic mass is 10.0. The number of hydrazine groups is 1. The van der Waals surface area contributed by atoms with E-state index in [9.17, 15) is 4.79 Å². The van der Waals surface area contributed by atoms with Gasteiger partial charge < -0.3 is 5.32 Å². The van der Waals surface area contributed by atoms with Gasteiger partial charge in [0.05, 0.1) is 0 Å². The monoisotopic (exact) mass is 228 g/mol. The van der Waals surface area contributed by atoms with Crippen LogP contribution in [0.15, 0.2) is 0 Å². The third-order valence-electron chi connectivity index (χ3n) is 3.33. The Morgan fingerprint density at radius 3 is 2.69 bits per heavy atom. The average Bonchev–Trinajstić information content (AvgIpc) is 2.35. The van der Waals surface area contributed by atoms with Crippen molar-refractivity contribution in [2.24, 2.45) is 11.8 Å². The zero-order valence-electron chi connectivity index (χ0n) is 10.3. The van der Waals surface area contributed by atoms with Crippen molar-refractivity contribution in [3.8, 4) is 0 Å². The standard InChI is InChI=1S/C11H24N4O/c1-3-15(8-9(2)11(16)14-12)10-4-6-13-7-5-10/h9-10,13H,3-8,12H2,1-2H3,(H,14,16). The lowest BCUT2D eigenvalue weighted by Crippen LogP contribution is -2.47. The van der Waals surface area contributed by atoms with Gasteiger partial charge in [-0.3, -0.25) is 15.1 Å². The summed E-state index contributed by atoms with van der Waals surface area (Å²) in [6.45, 7) is 8.02. The van der Waals surface area contributed by atoms with Crippen LogP contribution in [-0.4, -0.2) is 43.0 Å². The topological polar surface area (TPSA) is 70.4 Å². The minimum absolute atomic E-state index is 0.0418. The van der Waals surface area contributed by atoms with Crippen molar-refractivity contribution < 1.29 is 4.79 Å². The summed E-state index contributed by atoms with van der Waals surface area (Å²) in [6, 6.07) is 0.610. The van der Waals surface area contributed by atoms with Gasteiger partial charge in [-0.05, 0) is 32.5 Å². The largest absolute Gasteiger partial charge is 0.317 e. The molecule has 4 N–H and O–H groups in total. The van der Waals surface area contributed by atoms with Crippen LogP contribution >= 0.6 is 0 Å². The molecule has 1 aliphatic heterocycles. The molecule has 0 aromatic carbocycles. The van der Waals surface area contributed by atoms with Crippen molar-refractivity contribution in [1.82, 2.24) is 15.6 Å². The van der Waals surface area contributed by atoms with Crippen LogP contribution in [0.25, 0.3) is 0 Å². The van der Waals surface area contributed by atoms with Crippen molar-refractivity contribution >= 4 is 5.91 Å². The van der Waals surface area contributed by atoms with Crippen LogP contribution in [0.3, 0.4) is 0 Å². The van der Waals surface area contributed by atoms with Crippen LogP contribution in [-0.2, 0) is 4.79 Å². The number of nitrogens with zero attached hydrogens (tertiary/aromatic N) is 1. The van der Waals surface area contributed by atoms with Gasteiger partial charge in [-0.2, -0.15) is 0 Å². The van der Waals surface area contributed by atoms with E-state index in [1.165, 1.54) is 12.8 Å². The SMILES string of the molecule is CCN(CC(C)C(=O)NN)C1CCNCC1. The number of amides is 1. The molecule has 1 aliphatic rings. The summed E-state index contributed by atoms with van der Waals surface area (Å²) < 4.78 is 0. The van der Waals surface area contributed by atoms with Crippen molar-refractivity contribution in [1.29, 1.82) is 0 Å². The number of nitrogens with two attached hydrogens (primary N) is 1. The molecule has 0 aliphatic carbocycles. The average molecular weight is 228 g/mol. The molecule has 1 heterocycles. The van der Waals surface area contributed by atoms with Crippen LogP contribution in [0.4, 0.5) is 0 Å². The van der Waals surface area contributed by atoms with Gasteiger partial charge >= 0.3 is 0 Å². The maximum atomic E-state index is 11.4. The molecular weight excluding hydrogens is 204 g/mol. The van der Waals surface area contributed by atoms with E-state index >= 15 is 0 Å². The molecule has 1 rings (SSSR count). The molecule has 1 fully saturated rings. The smallest absolute Gasteiger partial charge is 0.237 e. The number of carbonyl (C=O) groups is 1. The molecule has 94 valence electrons. The number of rotatable bonds is 5. The van der Waals surface area contributed by atoms with E-state index in [4.69, 9.17) is 5.84 Å². The summed E-state index contributed by atoms with van der Waals surface area (Å²) >= 11 is 0. The Morgan fingerprint density at radius 2 is 2.19 bits per heavy atom. The Morgan fingerprint density at radius 1 is 1.56 bits per heavy atom. The molecule has 5 heteroatoms. The zero-order valence-corrected chi connectivity index (χ0v) is 10.3.